The lowest BCUT2D eigenvalue weighted by molar-refractivity contribution is -0.120. The quantitative estimate of drug-likeness (QED) is 0.540. The third-order valence-electron chi connectivity index (χ3n) is 4.35. The molecule has 0 fully saturated rings. The van der Waals surface area contributed by atoms with Crippen molar-refractivity contribution in [3.8, 4) is 5.75 Å². The highest BCUT2D eigenvalue weighted by Gasteiger charge is 2.19. The standard InChI is InChI=1S/C21H23FN4O2S/c1-13-6-4-5-7-18(13)28-12-19-24-21(26-25-19)29-15(3)20(27)23-14(2)16-8-10-17(22)11-9-16/h4-11,14-15H,12H2,1-3H3,(H,23,27)(H,24,25,26)/t14-,15-/m1/s1. The molecule has 0 spiro atoms. The third-order valence-corrected chi connectivity index (χ3v) is 5.31. The van der Waals surface area contributed by atoms with Crippen LogP contribution in [0.15, 0.2) is 53.7 Å². The van der Waals surface area contributed by atoms with Gasteiger partial charge in [-0.05, 0) is 50.1 Å². The zero-order chi connectivity index (χ0) is 20.8. The maximum absolute atomic E-state index is 13.0. The van der Waals surface area contributed by atoms with E-state index in [9.17, 15) is 9.18 Å². The van der Waals surface area contributed by atoms with Gasteiger partial charge in [0.15, 0.2) is 5.82 Å². The average molecular weight is 415 g/mol. The van der Waals surface area contributed by atoms with Gasteiger partial charge in [0.1, 0.15) is 18.2 Å². The molecule has 1 aromatic heterocycles. The van der Waals surface area contributed by atoms with Crippen LogP contribution in [0, 0.1) is 12.7 Å². The minimum atomic E-state index is -0.390. The molecule has 0 aliphatic carbocycles. The van der Waals surface area contributed by atoms with Crippen molar-refractivity contribution in [1.29, 1.82) is 0 Å². The van der Waals surface area contributed by atoms with E-state index in [1.807, 2.05) is 38.1 Å². The molecule has 1 heterocycles. The second kappa shape index (κ2) is 9.56. The Bertz CT molecular complexity index is 961. The van der Waals surface area contributed by atoms with E-state index in [4.69, 9.17) is 4.74 Å². The maximum Gasteiger partial charge on any atom is 0.233 e. The predicted molar refractivity (Wildman–Crippen MR) is 110 cm³/mol. The Morgan fingerprint density at radius 3 is 2.66 bits per heavy atom. The molecule has 2 aromatic carbocycles. The highest BCUT2D eigenvalue weighted by molar-refractivity contribution is 8.00. The van der Waals surface area contributed by atoms with E-state index in [0.717, 1.165) is 16.9 Å². The molecule has 1 amide bonds. The number of carbonyl (C=O) groups excluding carboxylic acids is 1. The van der Waals surface area contributed by atoms with Crippen molar-refractivity contribution in [2.24, 2.45) is 0 Å². The summed E-state index contributed by atoms with van der Waals surface area (Å²) < 4.78 is 18.8. The summed E-state index contributed by atoms with van der Waals surface area (Å²) in [6.45, 7) is 5.89. The number of aryl methyl sites for hydroxylation is 1. The normalized spacial score (nSPS) is 13.0. The fourth-order valence-electron chi connectivity index (χ4n) is 2.64. The number of rotatable bonds is 8. The van der Waals surface area contributed by atoms with Gasteiger partial charge in [-0.1, -0.05) is 42.1 Å². The molecule has 0 aliphatic heterocycles. The van der Waals surface area contributed by atoms with Crippen molar-refractivity contribution in [3.63, 3.8) is 0 Å². The Hall–Kier alpha value is -2.87. The van der Waals surface area contributed by atoms with Gasteiger partial charge in [0.25, 0.3) is 0 Å². The number of aromatic nitrogens is 3. The van der Waals surface area contributed by atoms with Crippen molar-refractivity contribution in [2.75, 3.05) is 0 Å². The molecule has 0 bridgehead atoms. The summed E-state index contributed by atoms with van der Waals surface area (Å²) in [5.41, 5.74) is 1.88. The first-order valence-electron chi connectivity index (χ1n) is 9.24. The number of halogens is 1. The van der Waals surface area contributed by atoms with Crippen molar-refractivity contribution < 1.29 is 13.9 Å². The lowest BCUT2D eigenvalue weighted by Crippen LogP contribution is -2.33. The van der Waals surface area contributed by atoms with Crippen molar-refractivity contribution in [2.45, 2.75) is 43.8 Å². The summed E-state index contributed by atoms with van der Waals surface area (Å²) in [6.07, 6.45) is 0. The second-order valence-corrected chi connectivity index (χ2v) is 7.97. The Balaban J connectivity index is 1.51. The van der Waals surface area contributed by atoms with Crippen LogP contribution in [0.3, 0.4) is 0 Å². The number of hydrogen-bond donors (Lipinski definition) is 2. The van der Waals surface area contributed by atoms with Crippen LogP contribution in [0.2, 0.25) is 0 Å². The smallest absolute Gasteiger partial charge is 0.233 e. The highest BCUT2D eigenvalue weighted by Crippen LogP contribution is 2.22. The molecule has 0 saturated heterocycles. The van der Waals surface area contributed by atoms with Gasteiger partial charge in [0, 0.05) is 0 Å². The van der Waals surface area contributed by atoms with E-state index in [1.54, 1.807) is 19.1 Å². The van der Waals surface area contributed by atoms with E-state index in [2.05, 4.69) is 20.5 Å². The average Bonchev–Trinajstić information content (AvgIpc) is 3.15. The molecule has 3 aromatic rings. The van der Waals surface area contributed by atoms with E-state index in [-0.39, 0.29) is 29.6 Å². The van der Waals surface area contributed by atoms with E-state index in [0.29, 0.717) is 11.0 Å². The number of benzene rings is 2. The van der Waals surface area contributed by atoms with Crippen LogP contribution >= 0.6 is 11.8 Å². The number of ether oxygens (including phenoxy) is 1. The van der Waals surface area contributed by atoms with E-state index in [1.165, 1.54) is 23.9 Å². The largest absolute Gasteiger partial charge is 0.485 e. The third kappa shape index (κ3) is 5.80. The fraction of sp³-hybridized carbons (Fsp3) is 0.286. The zero-order valence-electron chi connectivity index (χ0n) is 16.5. The first kappa shape index (κ1) is 20.9. The topological polar surface area (TPSA) is 79.9 Å². The van der Waals surface area contributed by atoms with Crippen LogP contribution in [0.4, 0.5) is 4.39 Å². The molecule has 0 radical (unpaired) electrons. The minimum Gasteiger partial charge on any atom is -0.485 e. The Morgan fingerprint density at radius 1 is 1.21 bits per heavy atom. The van der Waals surface area contributed by atoms with Crippen LogP contribution in [0.1, 0.15) is 36.8 Å². The molecule has 0 aliphatic rings. The van der Waals surface area contributed by atoms with Crippen LogP contribution < -0.4 is 10.1 Å². The monoisotopic (exact) mass is 414 g/mol. The molecule has 29 heavy (non-hydrogen) atoms. The van der Waals surface area contributed by atoms with E-state index < -0.39 is 0 Å². The number of aromatic amines is 1. The summed E-state index contributed by atoms with van der Waals surface area (Å²) in [6, 6.07) is 13.6. The molecule has 8 heteroatoms. The van der Waals surface area contributed by atoms with E-state index >= 15 is 0 Å². The van der Waals surface area contributed by atoms with Gasteiger partial charge < -0.3 is 10.1 Å². The summed E-state index contributed by atoms with van der Waals surface area (Å²) in [5, 5.41) is 9.99. The Morgan fingerprint density at radius 2 is 1.93 bits per heavy atom. The van der Waals surface area contributed by atoms with Crippen LogP contribution in [0.5, 0.6) is 5.75 Å². The molecule has 2 atom stereocenters. The van der Waals surface area contributed by atoms with Crippen molar-refractivity contribution in [1.82, 2.24) is 20.5 Å². The number of hydrogen-bond acceptors (Lipinski definition) is 5. The Labute approximate surface area is 173 Å². The number of thioether (sulfide) groups is 1. The maximum atomic E-state index is 13.0. The van der Waals surface area contributed by atoms with Gasteiger partial charge in [-0.3, -0.25) is 9.89 Å². The van der Waals surface area contributed by atoms with Crippen molar-refractivity contribution in [3.05, 3.63) is 71.3 Å². The molecule has 6 nitrogen and oxygen atoms in total. The van der Waals surface area contributed by atoms with Crippen LogP contribution in [0.25, 0.3) is 0 Å². The molecule has 0 unspecified atom stereocenters. The number of H-pyrrole nitrogens is 1. The molecular weight excluding hydrogens is 391 g/mol. The first-order valence-corrected chi connectivity index (χ1v) is 10.1. The van der Waals surface area contributed by atoms with Gasteiger partial charge in [0.05, 0.1) is 11.3 Å². The SMILES string of the molecule is Cc1ccccc1OCc1nc(S[C@H](C)C(=O)N[C@H](C)c2ccc(F)cc2)n[nH]1. The highest BCUT2D eigenvalue weighted by atomic mass is 32.2. The molecule has 0 saturated carbocycles. The first-order chi connectivity index (χ1) is 13.9. The molecule has 152 valence electrons. The number of nitrogens with one attached hydrogen (secondary N) is 2. The van der Waals surface area contributed by atoms with Gasteiger partial charge in [-0.2, -0.15) is 0 Å². The Kier molecular flexibility index (Phi) is 6.87. The van der Waals surface area contributed by atoms with Crippen LogP contribution in [-0.2, 0) is 11.4 Å². The number of nitrogens with zero attached hydrogens (tertiary/aromatic N) is 2. The fourth-order valence-corrected chi connectivity index (χ4v) is 3.39. The number of para-hydroxylation sites is 1. The summed E-state index contributed by atoms with van der Waals surface area (Å²) in [7, 11) is 0. The second-order valence-electron chi connectivity index (χ2n) is 6.66. The molecular formula is C21H23FN4O2S. The lowest BCUT2D eigenvalue weighted by atomic mass is 10.1. The van der Waals surface area contributed by atoms with Gasteiger partial charge in [0.2, 0.25) is 11.1 Å². The van der Waals surface area contributed by atoms with Gasteiger partial charge in [-0.15, -0.1) is 5.10 Å². The van der Waals surface area contributed by atoms with Crippen LogP contribution in [-0.4, -0.2) is 26.3 Å². The summed E-state index contributed by atoms with van der Waals surface area (Å²) in [5.74, 6) is 0.932. The lowest BCUT2D eigenvalue weighted by Gasteiger charge is -2.17. The number of amides is 1. The van der Waals surface area contributed by atoms with Gasteiger partial charge in [-0.25, -0.2) is 9.37 Å². The molecule has 3 rings (SSSR count). The zero-order valence-corrected chi connectivity index (χ0v) is 17.3. The number of carbonyl (C=O) groups is 1. The van der Waals surface area contributed by atoms with Gasteiger partial charge >= 0.3 is 0 Å². The predicted octanol–water partition coefficient (Wildman–Crippen LogP) is 4.19. The molecule has 2 N–H and O–H groups in total. The minimum absolute atomic E-state index is 0.144. The summed E-state index contributed by atoms with van der Waals surface area (Å²) in [4.78, 5) is 16.8. The van der Waals surface area contributed by atoms with Crippen molar-refractivity contribution >= 4 is 17.7 Å². The summed E-state index contributed by atoms with van der Waals surface area (Å²) >= 11 is 1.26.